The van der Waals surface area contributed by atoms with E-state index in [2.05, 4.69) is 13.8 Å². The summed E-state index contributed by atoms with van der Waals surface area (Å²) in [6.45, 7) is 6.87. The predicted molar refractivity (Wildman–Crippen MR) is 129 cm³/mol. The number of carbonyl (C=O) groups excluding carboxylic acids is 1. The van der Waals surface area contributed by atoms with Crippen LogP contribution in [0.15, 0.2) is 23.0 Å². The molecular formula is C26H39NO5. The molecule has 0 aliphatic carbocycles. The molecule has 0 amide bonds. The third kappa shape index (κ3) is 7.28. The number of hydrogen-bond donors (Lipinski definition) is 0. The lowest BCUT2D eigenvalue weighted by Crippen LogP contribution is -2.24. The van der Waals surface area contributed by atoms with Crippen molar-refractivity contribution in [3.05, 3.63) is 28.6 Å². The van der Waals surface area contributed by atoms with E-state index in [1.54, 1.807) is 4.57 Å². The van der Waals surface area contributed by atoms with E-state index >= 15 is 0 Å². The number of aryl methyl sites for hydroxylation is 1. The van der Waals surface area contributed by atoms with Gasteiger partial charge in [0.2, 0.25) is 5.75 Å². The van der Waals surface area contributed by atoms with Crippen LogP contribution in [0.3, 0.4) is 0 Å². The van der Waals surface area contributed by atoms with E-state index in [1.165, 1.54) is 46.1 Å². The molecule has 1 aromatic carbocycles. The van der Waals surface area contributed by atoms with Crippen molar-refractivity contribution in [1.82, 2.24) is 4.57 Å². The number of aromatic nitrogens is 1. The molecule has 0 fully saturated rings. The second-order valence-corrected chi connectivity index (χ2v) is 8.27. The van der Waals surface area contributed by atoms with Crippen LogP contribution in [0, 0.1) is 0 Å². The van der Waals surface area contributed by atoms with Crippen LogP contribution in [0.1, 0.15) is 85.0 Å². The first-order valence-corrected chi connectivity index (χ1v) is 12.1. The third-order valence-corrected chi connectivity index (χ3v) is 5.60. The van der Waals surface area contributed by atoms with Crippen LogP contribution < -0.4 is 19.8 Å². The van der Waals surface area contributed by atoms with Crippen LogP contribution >= 0.6 is 0 Å². The fraction of sp³-hybridized carbons (Fsp3) is 0.615. The normalized spacial score (nSPS) is 11.0. The summed E-state index contributed by atoms with van der Waals surface area (Å²) < 4.78 is 18.4. The summed E-state index contributed by atoms with van der Waals surface area (Å²) in [5.74, 6) is 0.422. The van der Waals surface area contributed by atoms with Crippen LogP contribution in [0.25, 0.3) is 10.9 Å². The molecular weight excluding hydrogens is 406 g/mol. The summed E-state index contributed by atoms with van der Waals surface area (Å²) in [6, 6.07) is 5.65. The van der Waals surface area contributed by atoms with Gasteiger partial charge in [-0.1, -0.05) is 65.2 Å². The molecule has 0 N–H and O–H groups in total. The maximum atomic E-state index is 13.3. The van der Waals surface area contributed by atoms with Gasteiger partial charge in [-0.15, -0.1) is 0 Å². The van der Waals surface area contributed by atoms with Crippen molar-refractivity contribution in [2.24, 2.45) is 0 Å². The number of rotatable bonds is 15. The number of hydrogen-bond acceptors (Lipinski definition) is 5. The van der Waals surface area contributed by atoms with Crippen LogP contribution in [0.4, 0.5) is 0 Å². The molecule has 6 nitrogen and oxygen atoms in total. The van der Waals surface area contributed by atoms with Crippen LogP contribution in [-0.4, -0.2) is 24.3 Å². The molecule has 178 valence electrons. The van der Waals surface area contributed by atoms with Gasteiger partial charge >= 0.3 is 5.97 Å². The van der Waals surface area contributed by atoms with E-state index in [1.807, 2.05) is 18.2 Å². The van der Waals surface area contributed by atoms with E-state index in [0.29, 0.717) is 13.2 Å². The molecule has 0 unspecified atom stereocenters. The summed E-state index contributed by atoms with van der Waals surface area (Å²) in [6.07, 6.45) is 11.3. The quantitative estimate of drug-likeness (QED) is 0.239. The second-order valence-electron chi connectivity index (χ2n) is 8.27. The van der Waals surface area contributed by atoms with Crippen LogP contribution in [0.2, 0.25) is 0 Å². The van der Waals surface area contributed by atoms with Crippen molar-refractivity contribution < 1.29 is 19.0 Å². The number of benzene rings is 1. The number of nitrogens with zero attached hydrogens (tertiary/aromatic N) is 1. The first-order chi connectivity index (χ1) is 15.5. The molecule has 2 rings (SSSR count). The lowest BCUT2D eigenvalue weighted by Gasteiger charge is -2.17. The average Bonchev–Trinajstić information content (AvgIpc) is 2.78. The molecule has 0 atom stereocenters. The van der Waals surface area contributed by atoms with Crippen LogP contribution in [-0.2, 0) is 11.3 Å². The monoisotopic (exact) mass is 445 g/mol. The SMILES string of the molecule is CCCCCCCCn1c(=O)c(OC(C)=O)c(OC)c2ccc(OCCCCCC)cc21. The lowest BCUT2D eigenvalue weighted by atomic mass is 10.1. The summed E-state index contributed by atoms with van der Waals surface area (Å²) in [5.41, 5.74) is 0.389. The zero-order chi connectivity index (χ0) is 23.3. The van der Waals surface area contributed by atoms with Crippen molar-refractivity contribution in [2.75, 3.05) is 13.7 Å². The summed E-state index contributed by atoms with van der Waals surface area (Å²) in [5, 5.41) is 0.729. The Balaban J connectivity index is 2.35. The number of fused-ring (bicyclic) bond motifs is 1. The van der Waals surface area contributed by atoms with Gasteiger partial charge in [0.1, 0.15) is 5.75 Å². The van der Waals surface area contributed by atoms with Gasteiger partial charge in [0.05, 0.1) is 19.2 Å². The van der Waals surface area contributed by atoms with Crippen molar-refractivity contribution in [3.8, 4) is 17.2 Å². The second kappa shape index (κ2) is 13.8. The Bertz CT molecular complexity index is 919. The minimum Gasteiger partial charge on any atom is -0.494 e. The standard InChI is InChI=1S/C26H39NO5/c1-5-7-9-11-12-13-17-27-23-19-21(31-18-14-10-8-6-2)15-16-22(23)24(30-4)25(26(27)29)32-20(3)28/h15-16,19H,5-14,17-18H2,1-4H3. The van der Waals surface area contributed by atoms with Gasteiger partial charge in [0.15, 0.2) is 5.75 Å². The molecule has 0 saturated heterocycles. The molecule has 6 heteroatoms. The van der Waals surface area contributed by atoms with E-state index in [0.717, 1.165) is 48.8 Å². The van der Waals surface area contributed by atoms with E-state index < -0.39 is 5.97 Å². The zero-order valence-electron chi connectivity index (χ0n) is 20.2. The van der Waals surface area contributed by atoms with Gasteiger partial charge < -0.3 is 18.8 Å². The molecule has 0 radical (unpaired) electrons. The maximum Gasteiger partial charge on any atom is 0.308 e. The average molecular weight is 446 g/mol. The number of carbonyl (C=O) groups is 1. The Morgan fingerprint density at radius 2 is 1.56 bits per heavy atom. The maximum absolute atomic E-state index is 13.3. The fourth-order valence-electron chi connectivity index (χ4n) is 3.90. The Morgan fingerprint density at radius 1 is 0.906 bits per heavy atom. The van der Waals surface area contributed by atoms with Gasteiger partial charge in [-0.3, -0.25) is 9.59 Å². The number of methoxy groups -OCH3 is 1. The molecule has 32 heavy (non-hydrogen) atoms. The fourth-order valence-corrected chi connectivity index (χ4v) is 3.90. The molecule has 1 heterocycles. The van der Waals surface area contributed by atoms with Crippen molar-refractivity contribution >= 4 is 16.9 Å². The minimum atomic E-state index is -0.544. The highest BCUT2D eigenvalue weighted by atomic mass is 16.6. The van der Waals surface area contributed by atoms with Crippen molar-refractivity contribution in [2.45, 2.75) is 91.5 Å². The van der Waals surface area contributed by atoms with E-state index in [4.69, 9.17) is 14.2 Å². The Labute approximate surface area is 191 Å². The highest BCUT2D eigenvalue weighted by molar-refractivity contribution is 5.90. The van der Waals surface area contributed by atoms with E-state index in [9.17, 15) is 9.59 Å². The number of unbranched alkanes of at least 4 members (excludes halogenated alkanes) is 8. The Morgan fingerprint density at radius 3 is 2.22 bits per heavy atom. The summed E-state index contributed by atoms with van der Waals surface area (Å²) in [4.78, 5) is 24.9. The third-order valence-electron chi connectivity index (χ3n) is 5.60. The summed E-state index contributed by atoms with van der Waals surface area (Å²) in [7, 11) is 1.48. The van der Waals surface area contributed by atoms with Gasteiger partial charge in [-0.25, -0.2) is 0 Å². The topological polar surface area (TPSA) is 66.8 Å². The molecule has 0 bridgehead atoms. The van der Waals surface area contributed by atoms with Gasteiger partial charge in [0.25, 0.3) is 5.56 Å². The minimum absolute atomic E-state index is 0.0493. The Hall–Kier alpha value is -2.50. The van der Waals surface area contributed by atoms with Gasteiger partial charge in [-0.05, 0) is 25.0 Å². The molecule has 0 spiro atoms. The number of ether oxygens (including phenoxy) is 3. The number of pyridine rings is 1. The van der Waals surface area contributed by atoms with Crippen molar-refractivity contribution in [3.63, 3.8) is 0 Å². The molecule has 0 saturated carbocycles. The summed E-state index contributed by atoms with van der Waals surface area (Å²) >= 11 is 0. The largest absolute Gasteiger partial charge is 0.494 e. The van der Waals surface area contributed by atoms with Crippen molar-refractivity contribution in [1.29, 1.82) is 0 Å². The lowest BCUT2D eigenvalue weighted by molar-refractivity contribution is -0.132. The van der Waals surface area contributed by atoms with Gasteiger partial charge in [0, 0.05) is 24.9 Å². The van der Waals surface area contributed by atoms with Gasteiger partial charge in [-0.2, -0.15) is 0 Å². The first-order valence-electron chi connectivity index (χ1n) is 12.1. The highest BCUT2D eigenvalue weighted by Crippen LogP contribution is 2.34. The predicted octanol–water partition coefficient (Wildman–Crippen LogP) is 6.26. The zero-order valence-corrected chi connectivity index (χ0v) is 20.2. The first kappa shape index (κ1) is 25.8. The smallest absolute Gasteiger partial charge is 0.308 e. The highest BCUT2D eigenvalue weighted by Gasteiger charge is 2.21. The van der Waals surface area contributed by atoms with E-state index in [-0.39, 0.29) is 17.1 Å². The molecule has 1 aromatic heterocycles. The number of esters is 1. The molecule has 0 aliphatic heterocycles. The molecule has 0 aliphatic rings. The Kier molecular flexibility index (Phi) is 11.1. The molecule has 2 aromatic rings. The van der Waals surface area contributed by atoms with Crippen LogP contribution in [0.5, 0.6) is 17.2 Å².